The molecule has 35 heavy (non-hydrogen) atoms. The number of rotatable bonds is 4. The van der Waals surface area contributed by atoms with Crippen molar-refractivity contribution in [2.45, 2.75) is 32.4 Å². The van der Waals surface area contributed by atoms with Crippen molar-refractivity contribution >= 4 is 5.91 Å². The summed E-state index contributed by atoms with van der Waals surface area (Å²) >= 11 is 0. The average Bonchev–Trinajstić information content (AvgIpc) is 3.30. The van der Waals surface area contributed by atoms with Crippen LogP contribution in [0.4, 0.5) is 4.39 Å². The predicted molar refractivity (Wildman–Crippen MR) is 122 cm³/mol. The van der Waals surface area contributed by atoms with Crippen LogP contribution < -0.4 is 0 Å². The normalized spacial score (nSPS) is 20.3. The van der Waals surface area contributed by atoms with E-state index in [-0.39, 0.29) is 30.0 Å². The first-order valence-corrected chi connectivity index (χ1v) is 11.5. The van der Waals surface area contributed by atoms with E-state index < -0.39 is 5.82 Å². The molecule has 2 saturated heterocycles. The molecule has 2 atom stereocenters. The zero-order valence-electron chi connectivity index (χ0n) is 19.6. The summed E-state index contributed by atoms with van der Waals surface area (Å²) in [7, 11) is 0. The van der Waals surface area contributed by atoms with Crippen LogP contribution >= 0.6 is 0 Å². The van der Waals surface area contributed by atoms with Crippen molar-refractivity contribution in [1.82, 2.24) is 35.0 Å². The standard InChI is InChI=1S/C24H25FN8O2/c1-15-20(5-6-22(25)21(15)10-26)23-13-31-7-8-32(12-19(31)14-35-23)24(34)9-17-3-4-18(11-27-17)33-16(2)28-29-30-33/h3-6,11,19,23H,7-9,12-14H2,1-2H3. The van der Waals surface area contributed by atoms with Gasteiger partial charge in [-0.2, -0.15) is 9.94 Å². The smallest absolute Gasteiger partial charge is 0.228 e. The fraction of sp³-hybridized carbons (Fsp3) is 0.417. The Balaban J connectivity index is 1.19. The zero-order valence-corrected chi connectivity index (χ0v) is 19.6. The molecule has 2 unspecified atom stereocenters. The van der Waals surface area contributed by atoms with Crippen LogP contribution in [0.2, 0.25) is 0 Å². The van der Waals surface area contributed by atoms with Gasteiger partial charge in [-0.15, -0.1) is 5.10 Å². The molecular weight excluding hydrogens is 451 g/mol. The molecule has 0 radical (unpaired) electrons. The number of morpholine rings is 1. The molecular formula is C24H25FN8O2. The van der Waals surface area contributed by atoms with E-state index >= 15 is 0 Å². The Morgan fingerprint density at radius 2 is 2.09 bits per heavy atom. The molecule has 4 heterocycles. The molecule has 0 saturated carbocycles. The highest BCUT2D eigenvalue weighted by molar-refractivity contribution is 5.78. The average molecular weight is 477 g/mol. The number of aryl methyl sites for hydroxylation is 1. The summed E-state index contributed by atoms with van der Waals surface area (Å²) in [5, 5.41) is 20.7. The number of nitrogens with zero attached hydrogens (tertiary/aromatic N) is 8. The number of piperazine rings is 1. The van der Waals surface area contributed by atoms with Crippen molar-refractivity contribution in [2.75, 3.05) is 32.8 Å². The van der Waals surface area contributed by atoms with E-state index in [2.05, 4.69) is 25.4 Å². The van der Waals surface area contributed by atoms with E-state index in [1.54, 1.807) is 30.8 Å². The Bertz CT molecular complexity index is 1290. The second-order valence-electron chi connectivity index (χ2n) is 8.88. The summed E-state index contributed by atoms with van der Waals surface area (Å²) in [5.74, 6) is 0.174. The number of amides is 1. The lowest BCUT2D eigenvalue weighted by molar-refractivity contribution is -0.139. The largest absolute Gasteiger partial charge is 0.370 e. The third kappa shape index (κ3) is 4.50. The molecule has 2 aliphatic rings. The van der Waals surface area contributed by atoms with Crippen LogP contribution in [-0.2, 0) is 16.0 Å². The maximum absolute atomic E-state index is 13.9. The number of nitriles is 1. The third-order valence-electron chi connectivity index (χ3n) is 6.77. The van der Waals surface area contributed by atoms with Gasteiger partial charge in [0.2, 0.25) is 5.91 Å². The molecule has 2 fully saturated rings. The van der Waals surface area contributed by atoms with Gasteiger partial charge in [0.1, 0.15) is 11.9 Å². The van der Waals surface area contributed by atoms with Gasteiger partial charge in [0.15, 0.2) is 5.82 Å². The van der Waals surface area contributed by atoms with Crippen molar-refractivity contribution in [3.8, 4) is 11.8 Å². The van der Waals surface area contributed by atoms with Gasteiger partial charge in [-0.3, -0.25) is 14.7 Å². The number of ether oxygens (including phenoxy) is 1. The van der Waals surface area contributed by atoms with Gasteiger partial charge in [0.25, 0.3) is 0 Å². The first kappa shape index (κ1) is 23.0. The SMILES string of the molecule is Cc1c(C2CN3CCN(C(=O)Cc4ccc(-n5nnnc5C)cn4)CC3CO2)ccc(F)c1C#N. The molecule has 0 N–H and O–H groups in total. The van der Waals surface area contributed by atoms with Gasteiger partial charge in [0.05, 0.1) is 42.6 Å². The lowest BCUT2D eigenvalue weighted by Crippen LogP contribution is -2.59. The summed E-state index contributed by atoms with van der Waals surface area (Å²) in [6.45, 7) is 6.60. The topological polar surface area (TPSA) is 113 Å². The van der Waals surface area contributed by atoms with E-state index in [1.807, 2.05) is 23.1 Å². The number of hydrogen-bond acceptors (Lipinski definition) is 8. The molecule has 10 nitrogen and oxygen atoms in total. The zero-order chi connectivity index (χ0) is 24.5. The van der Waals surface area contributed by atoms with Crippen LogP contribution in [0, 0.1) is 31.0 Å². The van der Waals surface area contributed by atoms with Crippen LogP contribution in [0.15, 0.2) is 30.5 Å². The number of hydrogen-bond donors (Lipinski definition) is 0. The van der Waals surface area contributed by atoms with Crippen LogP contribution in [-0.4, -0.2) is 79.7 Å². The monoisotopic (exact) mass is 476 g/mol. The number of carbonyl (C=O) groups excluding carboxylic acids is 1. The molecule has 0 spiro atoms. The first-order valence-electron chi connectivity index (χ1n) is 11.5. The lowest BCUT2D eigenvalue weighted by atomic mass is 9.96. The second kappa shape index (κ2) is 9.48. The van der Waals surface area contributed by atoms with Crippen molar-refractivity contribution in [2.24, 2.45) is 0 Å². The van der Waals surface area contributed by atoms with Crippen molar-refractivity contribution < 1.29 is 13.9 Å². The number of aromatic nitrogens is 5. The summed E-state index contributed by atoms with van der Waals surface area (Å²) in [5.41, 5.74) is 2.96. The molecule has 5 rings (SSSR count). The highest BCUT2D eigenvalue weighted by atomic mass is 19.1. The minimum Gasteiger partial charge on any atom is -0.370 e. The summed E-state index contributed by atoms with van der Waals surface area (Å²) in [6, 6.07) is 8.74. The van der Waals surface area contributed by atoms with Crippen molar-refractivity contribution in [1.29, 1.82) is 5.26 Å². The fourth-order valence-electron chi connectivity index (χ4n) is 4.76. The second-order valence-corrected chi connectivity index (χ2v) is 8.88. The van der Waals surface area contributed by atoms with Crippen LogP contribution in [0.3, 0.4) is 0 Å². The molecule has 1 aromatic carbocycles. The Hall–Kier alpha value is -3.75. The molecule has 180 valence electrons. The summed E-state index contributed by atoms with van der Waals surface area (Å²) in [4.78, 5) is 21.6. The summed E-state index contributed by atoms with van der Waals surface area (Å²) in [6.07, 6.45) is 1.65. The van der Waals surface area contributed by atoms with Crippen molar-refractivity contribution in [3.63, 3.8) is 0 Å². The Labute approximate surface area is 201 Å². The van der Waals surface area contributed by atoms with E-state index in [0.29, 0.717) is 43.3 Å². The number of pyridine rings is 1. The minimum atomic E-state index is -0.510. The third-order valence-corrected chi connectivity index (χ3v) is 6.77. The van der Waals surface area contributed by atoms with Gasteiger partial charge in [-0.25, -0.2) is 4.39 Å². The van der Waals surface area contributed by atoms with Gasteiger partial charge in [-0.05, 0) is 53.6 Å². The Morgan fingerprint density at radius 1 is 1.23 bits per heavy atom. The lowest BCUT2D eigenvalue weighted by Gasteiger charge is -2.46. The molecule has 0 bridgehead atoms. The van der Waals surface area contributed by atoms with Gasteiger partial charge in [0, 0.05) is 31.9 Å². The number of tetrazole rings is 1. The molecule has 1 amide bonds. The number of carbonyl (C=O) groups is 1. The highest BCUT2D eigenvalue weighted by Crippen LogP contribution is 2.31. The maximum Gasteiger partial charge on any atom is 0.228 e. The quantitative estimate of drug-likeness (QED) is 0.557. The van der Waals surface area contributed by atoms with Crippen LogP contribution in [0.25, 0.3) is 5.69 Å². The Kier molecular flexibility index (Phi) is 6.23. The van der Waals surface area contributed by atoms with Gasteiger partial charge < -0.3 is 9.64 Å². The minimum absolute atomic E-state index is 0.0265. The highest BCUT2D eigenvalue weighted by Gasteiger charge is 2.36. The molecule has 2 aromatic heterocycles. The number of halogens is 1. The van der Waals surface area contributed by atoms with Crippen molar-refractivity contribution in [3.05, 3.63) is 64.5 Å². The van der Waals surface area contributed by atoms with E-state index in [9.17, 15) is 14.4 Å². The van der Waals surface area contributed by atoms with Crippen LogP contribution in [0.5, 0.6) is 0 Å². The molecule has 2 aliphatic heterocycles. The number of fused-ring (bicyclic) bond motifs is 1. The van der Waals surface area contributed by atoms with Gasteiger partial charge in [-0.1, -0.05) is 6.07 Å². The summed E-state index contributed by atoms with van der Waals surface area (Å²) < 4.78 is 21.6. The number of benzene rings is 1. The maximum atomic E-state index is 13.9. The molecule has 11 heteroatoms. The van der Waals surface area contributed by atoms with E-state index in [1.165, 1.54) is 6.07 Å². The Morgan fingerprint density at radius 3 is 2.80 bits per heavy atom. The molecule has 0 aliphatic carbocycles. The molecule has 3 aromatic rings. The van der Waals surface area contributed by atoms with Gasteiger partial charge >= 0.3 is 0 Å². The van der Waals surface area contributed by atoms with E-state index in [0.717, 1.165) is 17.8 Å². The van der Waals surface area contributed by atoms with Crippen LogP contribution in [0.1, 0.15) is 34.3 Å². The predicted octanol–water partition coefficient (Wildman–Crippen LogP) is 1.51. The fourth-order valence-corrected chi connectivity index (χ4v) is 4.76. The van der Waals surface area contributed by atoms with E-state index in [4.69, 9.17) is 4.74 Å². The first-order chi connectivity index (χ1) is 16.9.